The molecule has 0 bridgehead atoms. The molecule has 1 saturated heterocycles. The van der Waals surface area contributed by atoms with E-state index in [9.17, 15) is 14.7 Å². The van der Waals surface area contributed by atoms with Crippen LogP contribution in [0.2, 0.25) is 5.02 Å². The van der Waals surface area contributed by atoms with E-state index in [2.05, 4.69) is 11.2 Å². The fraction of sp³-hybridized carbons (Fsp3) is 0.500. The van der Waals surface area contributed by atoms with Crippen LogP contribution < -0.4 is 5.32 Å². The van der Waals surface area contributed by atoms with Gasteiger partial charge in [0.2, 0.25) is 5.91 Å². The van der Waals surface area contributed by atoms with E-state index in [4.69, 9.17) is 22.8 Å². The first-order valence-electron chi connectivity index (χ1n) is 8.76. The van der Waals surface area contributed by atoms with Crippen LogP contribution in [0.3, 0.4) is 0 Å². The van der Waals surface area contributed by atoms with Crippen molar-refractivity contribution in [3.8, 4) is 12.3 Å². The third kappa shape index (κ3) is 5.38. The molecule has 0 saturated carbocycles. The van der Waals surface area contributed by atoms with Crippen LogP contribution in [-0.2, 0) is 9.53 Å². The van der Waals surface area contributed by atoms with Gasteiger partial charge < -0.3 is 15.2 Å². The highest BCUT2D eigenvalue weighted by Crippen LogP contribution is 2.26. The molecule has 146 valence electrons. The van der Waals surface area contributed by atoms with E-state index in [-0.39, 0.29) is 18.9 Å². The van der Waals surface area contributed by atoms with Crippen LogP contribution in [0.1, 0.15) is 51.3 Å². The average molecular weight is 393 g/mol. The van der Waals surface area contributed by atoms with Gasteiger partial charge in [0, 0.05) is 17.0 Å². The molecule has 1 unspecified atom stereocenters. The van der Waals surface area contributed by atoms with Crippen LogP contribution in [-0.4, -0.2) is 46.3 Å². The van der Waals surface area contributed by atoms with Crippen LogP contribution in [0.25, 0.3) is 0 Å². The molecule has 6 nitrogen and oxygen atoms in total. The second-order valence-corrected chi connectivity index (χ2v) is 8.06. The standard InChI is InChI=1S/C20H25ClN2O4/c1-6-13-7-8-15(16(21)9-13)12(2)22-18(25)17-10-14(24)11-23(17)19(26)27-20(3,4)5/h1,7-9,12,14,17,24H,10-11H2,2-5H3,(H,22,25)/t12?,14-,17+/m1/s1. The Bertz CT molecular complexity index is 766. The van der Waals surface area contributed by atoms with E-state index < -0.39 is 29.9 Å². The summed E-state index contributed by atoms with van der Waals surface area (Å²) in [6.45, 7) is 7.08. The summed E-state index contributed by atoms with van der Waals surface area (Å²) in [4.78, 5) is 26.4. The molecule has 1 aromatic carbocycles. The van der Waals surface area contributed by atoms with Crippen molar-refractivity contribution < 1.29 is 19.4 Å². The summed E-state index contributed by atoms with van der Waals surface area (Å²) >= 11 is 6.25. The molecular formula is C20H25ClN2O4. The Hall–Kier alpha value is -2.23. The number of nitrogens with one attached hydrogen (secondary N) is 1. The van der Waals surface area contributed by atoms with E-state index in [1.54, 1.807) is 45.9 Å². The average Bonchev–Trinajstić information content (AvgIpc) is 2.95. The monoisotopic (exact) mass is 392 g/mol. The zero-order valence-corrected chi connectivity index (χ0v) is 16.7. The lowest BCUT2D eigenvalue weighted by Gasteiger charge is -2.28. The summed E-state index contributed by atoms with van der Waals surface area (Å²) in [6.07, 6.45) is 4.11. The van der Waals surface area contributed by atoms with Gasteiger partial charge in [-0.2, -0.15) is 0 Å². The number of rotatable bonds is 3. The molecule has 1 aliphatic heterocycles. The van der Waals surface area contributed by atoms with Gasteiger partial charge >= 0.3 is 6.09 Å². The Morgan fingerprint density at radius 2 is 2.11 bits per heavy atom. The highest BCUT2D eigenvalue weighted by Gasteiger charge is 2.41. The lowest BCUT2D eigenvalue weighted by molar-refractivity contribution is -0.126. The topological polar surface area (TPSA) is 78.9 Å². The van der Waals surface area contributed by atoms with Crippen molar-refractivity contribution in [2.24, 2.45) is 0 Å². The molecule has 1 heterocycles. The summed E-state index contributed by atoms with van der Waals surface area (Å²) in [6, 6.07) is 3.97. The normalized spacial score (nSPS) is 20.7. The summed E-state index contributed by atoms with van der Waals surface area (Å²) in [5.41, 5.74) is 0.675. The summed E-state index contributed by atoms with van der Waals surface area (Å²) < 4.78 is 5.34. The number of aliphatic hydroxyl groups is 1. The van der Waals surface area contributed by atoms with Crippen molar-refractivity contribution >= 4 is 23.6 Å². The number of nitrogens with zero attached hydrogens (tertiary/aromatic N) is 1. The molecule has 1 aromatic rings. The van der Waals surface area contributed by atoms with Gasteiger partial charge in [-0.05, 0) is 45.4 Å². The highest BCUT2D eigenvalue weighted by molar-refractivity contribution is 6.31. The second kappa shape index (κ2) is 8.20. The molecule has 3 atom stereocenters. The van der Waals surface area contributed by atoms with Crippen molar-refractivity contribution in [3.05, 3.63) is 34.3 Å². The number of terminal acetylenes is 1. The van der Waals surface area contributed by atoms with E-state index >= 15 is 0 Å². The Morgan fingerprint density at radius 1 is 1.44 bits per heavy atom. The molecule has 2 amide bonds. The third-order valence-corrected chi connectivity index (χ3v) is 4.53. The summed E-state index contributed by atoms with van der Waals surface area (Å²) in [7, 11) is 0. The van der Waals surface area contributed by atoms with E-state index in [1.165, 1.54) is 4.90 Å². The number of hydrogen-bond acceptors (Lipinski definition) is 4. The molecule has 0 aromatic heterocycles. The number of carbonyl (C=O) groups is 2. The molecule has 1 fully saturated rings. The minimum Gasteiger partial charge on any atom is -0.444 e. The maximum Gasteiger partial charge on any atom is 0.411 e. The molecule has 0 radical (unpaired) electrons. The predicted molar refractivity (Wildman–Crippen MR) is 103 cm³/mol. The van der Waals surface area contributed by atoms with Crippen molar-refractivity contribution in [1.29, 1.82) is 0 Å². The van der Waals surface area contributed by atoms with Crippen molar-refractivity contribution in [2.45, 2.75) is 57.9 Å². The van der Waals surface area contributed by atoms with Gasteiger partial charge in [-0.3, -0.25) is 9.69 Å². The Balaban J connectivity index is 2.11. The van der Waals surface area contributed by atoms with Gasteiger partial charge in [0.05, 0.1) is 18.7 Å². The first-order chi connectivity index (χ1) is 12.5. The number of benzene rings is 1. The lowest BCUT2D eigenvalue weighted by Crippen LogP contribution is -2.48. The first kappa shape index (κ1) is 21.1. The SMILES string of the molecule is C#Cc1ccc(C(C)NC(=O)[C@@H]2C[C@@H](O)CN2C(=O)OC(C)(C)C)c(Cl)c1. The first-order valence-corrected chi connectivity index (χ1v) is 9.13. The second-order valence-electron chi connectivity index (χ2n) is 7.65. The Kier molecular flexibility index (Phi) is 6.40. The Labute approximate surface area is 164 Å². The molecule has 0 spiro atoms. The van der Waals surface area contributed by atoms with Gasteiger partial charge in [-0.1, -0.05) is 23.6 Å². The van der Waals surface area contributed by atoms with Crippen LogP contribution in [0.4, 0.5) is 4.79 Å². The summed E-state index contributed by atoms with van der Waals surface area (Å²) in [5.74, 6) is 2.13. The zero-order valence-electron chi connectivity index (χ0n) is 16.0. The van der Waals surface area contributed by atoms with E-state index in [0.717, 1.165) is 0 Å². The van der Waals surface area contributed by atoms with Crippen LogP contribution in [0.15, 0.2) is 18.2 Å². The summed E-state index contributed by atoms with van der Waals surface area (Å²) in [5, 5.41) is 13.3. The Morgan fingerprint density at radius 3 is 2.67 bits per heavy atom. The van der Waals surface area contributed by atoms with Gasteiger partial charge in [0.15, 0.2) is 0 Å². The number of ether oxygens (including phenoxy) is 1. The molecule has 0 aliphatic carbocycles. The van der Waals surface area contributed by atoms with Crippen molar-refractivity contribution in [1.82, 2.24) is 10.2 Å². The number of aliphatic hydroxyl groups excluding tert-OH is 1. The third-order valence-electron chi connectivity index (χ3n) is 4.20. The van der Waals surface area contributed by atoms with E-state index in [1.807, 2.05) is 0 Å². The van der Waals surface area contributed by atoms with Gasteiger partial charge in [0.1, 0.15) is 11.6 Å². The van der Waals surface area contributed by atoms with Crippen molar-refractivity contribution in [2.75, 3.05) is 6.54 Å². The fourth-order valence-corrected chi connectivity index (χ4v) is 3.28. The van der Waals surface area contributed by atoms with Crippen molar-refractivity contribution in [3.63, 3.8) is 0 Å². The van der Waals surface area contributed by atoms with Gasteiger partial charge in [-0.25, -0.2) is 4.79 Å². The molecule has 2 rings (SSSR count). The van der Waals surface area contributed by atoms with Crippen LogP contribution in [0.5, 0.6) is 0 Å². The number of likely N-dealkylation sites (tertiary alicyclic amines) is 1. The number of amides is 2. The van der Waals surface area contributed by atoms with Gasteiger partial charge in [0.25, 0.3) is 0 Å². The fourth-order valence-electron chi connectivity index (χ4n) is 2.94. The quantitative estimate of drug-likeness (QED) is 0.775. The predicted octanol–water partition coefficient (Wildman–Crippen LogP) is 2.87. The maximum absolute atomic E-state index is 12.7. The van der Waals surface area contributed by atoms with E-state index in [0.29, 0.717) is 16.1 Å². The number of halogens is 1. The molecule has 27 heavy (non-hydrogen) atoms. The molecule has 1 aliphatic rings. The number of hydrogen-bond donors (Lipinski definition) is 2. The molecule has 7 heteroatoms. The van der Waals surface area contributed by atoms with Crippen LogP contribution >= 0.6 is 11.6 Å². The van der Waals surface area contributed by atoms with Gasteiger partial charge in [-0.15, -0.1) is 6.42 Å². The molecular weight excluding hydrogens is 368 g/mol. The highest BCUT2D eigenvalue weighted by atomic mass is 35.5. The maximum atomic E-state index is 12.7. The van der Waals surface area contributed by atoms with Crippen LogP contribution in [0, 0.1) is 12.3 Å². The number of β-amino-alcohol motifs (C(OH)–C–C–N with tert-alkyl or cyclic N) is 1. The zero-order chi connectivity index (χ0) is 20.4. The minimum atomic E-state index is -0.805. The minimum absolute atomic E-state index is 0.0546. The smallest absolute Gasteiger partial charge is 0.411 e. The lowest BCUT2D eigenvalue weighted by atomic mass is 10.1. The number of carbonyl (C=O) groups excluding carboxylic acids is 2. The molecule has 2 N–H and O–H groups in total. The largest absolute Gasteiger partial charge is 0.444 e.